The Kier molecular flexibility index (Phi) is 4.98. The van der Waals surface area contributed by atoms with Gasteiger partial charge in [0, 0.05) is 18.0 Å². The van der Waals surface area contributed by atoms with Crippen molar-refractivity contribution < 1.29 is 9.13 Å². The van der Waals surface area contributed by atoms with Crippen LogP contribution >= 0.6 is 0 Å². The molecular weight excluding hydrogens is 411 g/mol. The summed E-state index contributed by atoms with van der Waals surface area (Å²) in [7, 11) is 1.61. The molecule has 5 aromatic rings. The van der Waals surface area contributed by atoms with E-state index >= 15 is 0 Å². The van der Waals surface area contributed by atoms with Crippen molar-refractivity contribution in [2.45, 2.75) is 13.1 Å². The van der Waals surface area contributed by atoms with Crippen LogP contribution in [0.1, 0.15) is 11.3 Å². The zero-order chi connectivity index (χ0) is 22.1. The summed E-state index contributed by atoms with van der Waals surface area (Å²) in [5.41, 5.74) is 3.22. The molecule has 5 rings (SSSR count). The predicted octanol–water partition coefficient (Wildman–Crippen LogP) is 3.00. The van der Waals surface area contributed by atoms with Crippen LogP contribution in [0.5, 0.6) is 5.75 Å². The van der Waals surface area contributed by atoms with Crippen molar-refractivity contribution in [2.75, 3.05) is 7.11 Å². The molecule has 0 amide bonds. The monoisotopic (exact) mass is 430 g/mol. The Morgan fingerprint density at radius 1 is 1.03 bits per heavy atom. The summed E-state index contributed by atoms with van der Waals surface area (Å²) in [6, 6.07) is 15.6. The number of fused-ring (bicyclic) bond motifs is 1. The van der Waals surface area contributed by atoms with Gasteiger partial charge in [-0.15, -0.1) is 5.10 Å². The van der Waals surface area contributed by atoms with Crippen molar-refractivity contribution in [3.63, 3.8) is 0 Å². The van der Waals surface area contributed by atoms with Crippen molar-refractivity contribution in [1.82, 2.24) is 29.2 Å². The second-order valence-corrected chi connectivity index (χ2v) is 7.36. The van der Waals surface area contributed by atoms with Gasteiger partial charge in [0.2, 0.25) is 0 Å². The van der Waals surface area contributed by atoms with Gasteiger partial charge >= 0.3 is 0 Å². The number of hydrogen-bond donors (Lipinski definition) is 0. The molecule has 3 heterocycles. The Hall–Kier alpha value is -4.27. The Morgan fingerprint density at radius 3 is 2.75 bits per heavy atom. The lowest BCUT2D eigenvalue weighted by atomic mass is 10.1. The van der Waals surface area contributed by atoms with E-state index in [0.717, 1.165) is 16.9 Å². The van der Waals surface area contributed by atoms with E-state index in [-0.39, 0.29) is 17.9 Å². The van der Waals surface area contributed by atoms with Gasteiger partial charge in [-0.2, -0.15) is 5.10 Å². The van der Waals surface area contributed by atoms with Crippen molar-refractivity contribution in [2.24, 2.45) is 0 Å². The van der Waals surface area contributed by atoms with Crippen LogP contribution in [0.3, 0.4) is 0 Å². The molecule has 2 aromatic carbocycles. The predicted molar refractivity (Wildman–Crippen MR) is 116 cm³/mol. The van der Waals surface area contributed by atoms with Crippen molar-refractivity contribution >= 4 is 5.52 Å². The SMILES string of the molecule is COc1cccc(-c2cc3c(=O)n(Cc4cn(Cc5cccc(F)c5)nn4)ccn3n2)c1. The van der Waals surface area contributed by atoms with Crippen molar-refractivity contribution in [1.29, 1.82) is 0 Å². The normalized spacial score (nSPS) is 11.2. The van der Waals surface area contributed by atoms with Gasteiger partial charge in [-0.05, 0) is 35.9 Å². The molecule has 0 saturated heterocycles. The first-order valence-corrected chi connectivity index (χ1v) is 9.96. The third-order valence-electron chi connectivity index (χ3n) is 5.12. The van der Waals surface area contributed by atoms with Crippen LogP contribution in [0, 0.1) is 5.82 Å². The first-order chi connectivity index (χ1) is 15.6. The number of methoxy groups -OCH3 is 1. The first-order valence-electron chi connectivity index (χ1n) is 9.96. The van der Waals surface area contributed by atoms with Crippen molar-refractivity contribution in [3.8, 4) is 17.0 Å². The third kappa shape index (κ3) is 3.87. The number of benzene rings is 2. The minimum atomic E-state index is -0.295. The number of nitrogens with zero attached hydrogens (tertiary/aromatic N) is 6. The number of ether oxygens (including phenoxy) is 1. The van der Waals surface area contributed by atoms with E-state index in [4.69, 9.17) is 4.74 Å². The minimum absolute atomic E-state index is 0.186. The van der Waals surface area contributed by atoms with Gasteiger partial charge in [-0.1, -0.05) is 29.5 Å². The van der Waals surface area contributed by atoms with Gasteiger partial charge in [0.25, 0.3) is 5.56 Å². The molecule has 3 aromatic heterocycles. The van der Waals surface area contributed by atoms with E-state index in [0.29, 0.717) is 23.4 Å². The molecule has 0 aliphatic carbocycles. The third-order valence-corrected chi connectivity index (χ3v) is 5.12. The van der Waals surface area contributed by atoms with Crippen LogP contribution in [-0.4, -0.2) is 36.3 Å². The molecular formula is C23H19FN6O2. The van der Waals surface area contributed by atoms with Crippen molar-refractivity contribution in [3.05, 3.63) is 101 Å². The molecule has 0 saturated carbocycles. The zero-order valence-electron chi connectivity index (χ0n) is 17.2. The summed E-state index contributed by atoms with van der Waals surface area (Å²) in [5.74, 6) is 0.426. The van der Waals surface area contributed by atoms with E-state index in [1.54, 1.807) is 51.6 Å². The average Bonchev–Trinajstić information content (AvgIpc) is 3.43. The average molecular weight is 430 g/mol. The number of rotatable bonds is 6. The summed E-state index contributed by atoms with van der Waals surface area (Å²) in [5, 5.41) is 12.7. The van der Waals surface area contributed by atoms with E-state index in [2.05, 4.69) is 15.4 Å². The van der Waals surface area contributed by atoms with Gasteiger partial charge < -0.3 is 9.30 Å². The Balaban J connectivity index is 1.40. The van der Waals surface area contributed by atoms with E-state index < -0.39 is 0 Å². The quantitative estimate of drug-likeness (QED) is 0.414. The lowest BCUT2D eigenvalue weighted by Gasteiger charge is -2.03. The van der Waals surface area contributed by atoms with Crippen LogP contribution in [0.25, 0.3) is 16.8 Å². The zero-order valence-corrected chi connectivity index (χ0v) is 17.2. The maximum Gasteiger partial charge on any atom is 0.276 e. The molecule has 0 radical (unpaired) electrons. The largest absolute Gasteiger partial charge is 0.497 e. The summed E-state index contributed by atoms with van der Waals surface area (Å²) in [4.78, 5) is 13.0. The maximum absolute atomic E-state index is 13.4. The van der Waals surface area contributed by atoms with Crippen LogP contribution in [0.4, 0.5) is 4.39 Å². The van der Waals surface area contributed by atoms with Crippen LogP contribution in [0.15, 0.2) is 78.0 Å². The highest BCUT2D eigenvalue weighted by Crippen LogP contribution is 2.23. The molecule has 0 aliphatic rings. The van der Waals surface area contributed by atoms with Crippen LogP contribution in [0.2, 0.25) is 0 Å². The fourth-order valence-corrected chi connectivity index (χ4v) is 3.56. The summed E-state index contributed by atoms with van der Waals surface area (Å²) in [6.45, 7) is 0.656. The van der Waals surface area contributed by atoms with Gasteiger partial charge in [0.05, 0.1) is 32.1 Å². The number of hydrogen-bond acceptors (Lipinski definition) is 5. The highest BCUT2D eigenvalue weighted by molar-refractivity contribution is 5.66. The van der Waals surface area contributed by atoms with Gasteiger partial charge in [0.15, 0.2) is 0 Å². The molecule has 0 unspecified atom stereocenters. The second kappa shape index (κ2) is 8.10. The molecule has 0 bridgehead atoms. The Morgan fingerprint density at radius 2 is 1.91 bits per heavy atom. The molecule has 0 aliphatic heterocycles. The highest BCUT2D eigenvalue weighted by atomic mass is 19.1. The van der Waals surface area contributed by atoms with Crippen LogP contribution in [-0.2, 0) is 13.1 Å². The standard InChI is InChI=1S/C23H19FN6O2/c1-32-20-7-3-5-17(11-20)21-12-22-23(31)28(8-9-30(22)26-21)14-19-15-29(27-25-19)13-16-4-2-6-18(24)10-16/h2-12,15H,13-14H2,1H3. The van der Waals surface area contributed by atoms with Gasteiger partial charge in [-0.3, -0.25) is 4.79 Å². The molecule has 0 fully saturated rings. The summed E-state index contributed by atoms with van der Waals surface area (Å²) < 4.78 is 23.4. The van der Waals surface area contributed by atoms with E-state index in [1.807, 2.05) is 30.3 Å². The van der Waals surface area contributed by atoms with Crippen LogP contribution < -0.4 is 10.3 Å². The second-order valence-electron chi connectivity index (χ2n) is 7.36. The van der Waals surface area contributed by atoms with Gasteiger partial charge in [-0.25, -0.2) is 13.6 Å². The highest BCUT2D eigenvalue weighted by Gasteiger charge is 2.11. The first kappa shape index (κ1) is 19.7. The van der Waals surface area contributed by atoms with E-state index in [9.17, 15) is 9.18 Å². The molecule has 0 spiro atoms. The Bertz CT molecular complexity index is 1470. The molecule has 0 N–H and O–H groups in total. The summed E-state index contributed by atoms with van der Waals surface area (Å²) >= 11 is 0. The fraction of sp³-hybridized carbons (Fsp3) is 0.130. The number of halogens is 1. The molecule has 8 nitrogen and oxygen atoms in total. The maximum atomic E-state index is 13.4. The molecule has 9 heteroatoms. The molecule has 160 valence electrons. The Labute approximate surface area is 182 Å². The smallest absolute Gasteiger partial charge is 0.276 e. The summed E-state index contributed by atoms with van der Waals surface area (Å²) in [6.07, 6.45) is 5.15. The minimum Gasteiger partial charge on any atom is -0.497 e. The lowest BCUT2D eigenvalue weighted by molar-refractivity contribution is 0.415. The lowest BCUT2D eigenvalue weighted by Crippen LogP contribution is -2.21. The molecule has 32 heavy (non-hydrogen) atoms. The van der Waals surface area contributed by atoms with Gasteiger partial charge in [0.1, 0.15) is 22.8 Å². The fourth-order valence-electron chi connectivity index (χ4n) is 3.56. The number of aromatic nitrogens is 6. The molecule has 0 atom stereocenters. The van der Waals surface area contributed by atoms with E-state index in [1.165, 1.54) is 12.1 Å². The topological polar surface area (TPSA) is 79.2 Å².